The van der Waals surface area contributed by atoms with Crippen molar-refractivity contribution in [2.45, 2.75) is 26.2 Å². The third-order valence-electron chi connectivity index (χ3n) is 4.77. The molecule has 28 heavy (non-hydrogen) atoms. The van der Waals surface area contributed by atoms with Crippen molar-refractivity contribution in [2.24, 2.45) is 0 Å². The van der Waals surface area contributed by atoms with Gasteiger partial charge in [-0.1, -0.05) is 0 Å². The summed E-state index contributed by atoms with van der Waals surface area (Å²) in [7, 11) is 0. The normalized spacial score (nSPS) is 14.8. The van der Waals surface area contributed by atoms with Crippen LogP contribution in [0.1, 0.15) is 33.8 Å². The van der Waals surface area contributed by atoms with Crippen LogP contribution in [0.3, 0.4) is 0 Å². The first-order valence-electron chi connectivity index (χ1n) is 9.72. The zero-order valence-electron chi connectivity index (χ0n) is 16.3. The van der Waals surface area contributed by atoms with E-state index in [0.29, 0.717) is 6.54 Å². The fourth-order valence-corrected chi connectivity index (χ4v) is 4.01. The highest BCUT2D eigenvalue weighted by Crippen LogP contribution is 2.17. The van der Waals surface area contributed by atoms with E-state index in [2.05, 4.69) is 25.1 Å². The van der Waals surface area contributed by atoms with Gasteiger partial charge in [0.2, 0.25) is 11.9 Å². The van der Waals surface area contributed by atoms with E-state index in [0.717, 1.165) is 54.8 Å². The van der Waals surface area contributed by atoms with E-state index in [4.69, 9.17) is 0 Å². The highest BCUT2D eigenvalue weighted by atomic mass is 32.1. The average molecular weight is 402 g/mol. The highest BCUT2D eigenvalue weighted by molar-refractivity contribution is 7.14. The van der Waals surface area contributed by atoms with Crippen molar-refractivity contribution in [3.8, 4) is 0 Å². The van der Waals surface area contributed by atoms with Gasteiger partial charge in [-0.25, -0.2) is 9.97 Å². The molecule has 0 radical (unpaired) electrons. The van der Waals surface area contributed by atoms with Crippen molar-refractivity contribution in [2.75, 3.05) is 44.2 Å². The lowest BCUT2D eigenvalue weighted by atomic mass is 10.2. The fourth-order valence-electron chi connectivity index (χ4n) is 3.18. The van der Waals surface area contributed by atoms with E-state index in [1.165, 1.54) is 11.3 Å². The molecule has 3 rings (SSSR count). The molecule has 3 heterocycles. The van der Waals surface area contributed by atoms with Crippen LogP contribution in [0.4, 0.5) is 5.95 Å². The summed E-state index contributed by atoms with van der Waals surface area (Å²) in [5.74, 6) is 0.794. The van der Waals surface area contributed by atoms with Crippen LogP contribution in [0.5, 0.6) is 0 Å². The molecule has 0 aromatic carbocycles. The number of anilines is 1. The maximum absolute atomic E-state index is 12.0. The molecule has 0 bridgehead atoms. The lowest BCUT2D eigenvalue weighted by Crippen LogP contribution is -2.47. The first kappa shape index (κ1) is 20.4. The third kappa shape index (κ3) is 6.10. The number of thiophene rings is 1. The third-order valence-corrected chi connectivity index (χ3v) is 5.82. The Morgan fingerprint density at radius 2 is 1.86 bits per heavy atom. The minimum Gasteiger partial charge on any atom is -0.356 e. The van der Waals surface area contributed by atoms with Gasteiger partial charge in [-0.15, -0.1) is 11.3 Å². The number of amides is 1. The Balaban J connectivity index is 1.26. The predicted molar refractivity (Wildman–Crippen MR) is 111 cm³/mol. The van der Waals surface area contributed by atoms with Gasteiger partial charge in [-0.05, 0) is 38.1 Å². The van der Waals surface area contributed by atoms with Crippen LogP contribution in [0.15, 0.2) is 30.6 Å². The van der Waals surface area contributed by atoms with E-state index >= 15 is 0 Å². The summed E-state index contributed by atoms with van der Waals surface area (Å²) in [6.45, 7) is 7.36. The van der Waals surface area contributed by atoms with Gasteiger partial charge in [0, 0.05) is 62.8 Å². The van der Waals surface area contributed by atoms with Crippen molar-refractivity contribution in [3.05, 3.63) is 40.3 Å². The molecular weight excluding hydrogens is 374 g/mol. The second kappa shape index (κ2) is 10.3. The number of carbonyl (C=O) groups is 2. The molecule has 8 heteroatoms. The van der Waals surface area contributed by atoms with Gasteiger partial charge in [-0.2, -0.15) is 0 Å². The Hall–Kier alpha value is -2.32. The number of rotatable bonds is 9. The molecule has 0 spiro atoms. The van der Waals surface area contributed by atoms with Crippen LogP contribution < -0.4 is 10.2 Å². The quantitative estimate of drug-likeness (QED) is 0.512. The SMILES string of the molecule is Cc1ccc(C(=O)CCC(=O)NCCCN2CCN(c3ncccn3)CC2)s1. The van der Waals surface area contributed by atoms with Crippen molar-refractivity contribution in [1.82, 2.24) is 20.2 Å². The van der Waals surface area contributed by atoms with Gasteiger partial charge in [0.15, 0.2) is 5.78 Å². The van der Waals surface area contributed by atoms with E-state index in [1.807, 2.05) is 25.1 Å². The molecule has 0 aliphatic carbocycles. The summed E-state index contributed by atoms with van der Waals surface area (Å²) >= 11 is 1.49. The van der Waals surface area contributed by atoms with Gasteiger partial charge >= 0.3 is 0 Å². The highest BCUT2D eigenvalue weighted by Gasteiger charge is 2.18. The number of hydrogen-bond donors (Lipinski definition) is 1. The smallest absolute Gasteiger partial charge is 0.225 e. The summed E-state index contributed by atoms with van der Waals surface area (Å²) in [6, 6.07) is 5.60. The number of aryl methyl sites for hydroxylation is 1. The summed E-state index contributed by atoms with van der Waals surface area (Å²) < 4.78 is 0. The van der Waals surface area contributed by atoms with Crippen LogP contribution in [0.2, 0.25) is 0 Å². The molecular formula is C20H27N5O2S. The summed E-state index contributed by atoms with van der Waals surface area (Å²) in [5.41, 5.74) is 0. The minimum absolute atomic E-state index is 0.0485. The number of aromatic nitrogens is 2. The van der Waals surface area contributed by atoms with Crippen molar-refractivity contribution in [1.29, 1.82) is 0 Å². The van der Waals surface area contributed by atoms with Gasteiger partial charge in [0.1, 0.15) is 0 Å². The van der Waals surface area contributed by atoms with Gasteiger partial charge in [-0.3, -0.25) is 14.5 Å². The Morgan fingerprint density at radius 1 is 1.11 bits per heavy atom. The Kier molecular flexibility index (Phi) is 7.50. The summed E-state index contributed by atoms with van der Waals surface area (Å²) in [4.78, 5) is 39.0. The topological polar surface area (TPSA) is 78.4 Å². The van der Waals surface area contributed by atoms with Gasteiger partial charge < -0.3 is 10.2 Å². The first-order chi connectivity index (χ1) is 13.6. The maximum Gasteiger partial charge on any atom is 0.225 e. The Bertz CT molecular complexity index is 772. The molecule has 1 aliphatic heterocycles. The lowest BCUT2D eigenvalue weighted by molar-refractivity contribution is -0.121. The molecule has 0 atom stereocenters. The van der Waals surface area contributed by atoms with E-state index in [-0.39, 0.29) is 24.5 Å². The Labute approximate surface area is 169 Å². The second-order valence-electron chi connectivity index (χ2n) is 6.91. The van der Waals surface area contributed by atoms with E-state index < -0.39 is 0 Å². The van der Waals surface area contributed by atoms with Crippen LogP contribution in [0.25, 0.3) is 0 Å². The van der Waals surface area contributed by atoms with Crippen molar-refractivity contribution >= 4 is 29.0 Å². The lowest BCUT2D eigenvalue weighted by Gasteiger charge is -2.34. The molecule has 1 saturated heterocycles. The molecule has 150 valence electrons. The monoisotopic (exact) mass is 401 g/mol. The number of piperazine rings is 1. The summed E-state index contributed by atoms with van der Waals surface area (Å²) in [6.07, 6.45) is 4.98. The van der Waals surface area contributed by atoms with Gasteiger partial charge in [0.05, 0.1) is 4.88 Å². The number of carbonyl (C=O) groups excluding carboxylic acids is 2. The number of hydrogen-bond acceptors (Lipinski definition) is 7. The molecule has 1 amide bonds. The van der Waals surface area contributed by atoms with Crippen LogP contribution in [-0.2, 0) is 4.79 Å². The predicted octanol–water partition coefficient (Wildman–Crippen LogP) is 2.14. The van der Waals surface area contributed by atoms with Crippen LogP contribution in [-0.4, -0.2) is 65.8 Å². The van der Waals surface area contributed by atoms with Gasteiger partial charge in [0.25, 0.3) is 0 Å². The minimum atomic E-state index is -0.0485. The second-order valence-corrected chi connectivity index (χ2v) is 8.20. The number of nitrogens with zero attached hydrogens (tertiary/aromatic N) is 4. The number of ketones is 1. The van der Waals surface area contributed by atoms with Crippen molar-refractivity contribution in [3.63, 3.8) is 0 Å². The zero-order chi connectivity index (χ0) is 19.8. The largest absolute Gasteiger partial charge is 0.356 e. The standard InChI is InChI=1S/C20H27N5O2S/c1-16-4-6-18(28-16)17(26)5-7-19(27)21-10-3-11-24-12-14-25(15-13-24)20-22-8-2-9-23-20/h2,4,6,8-9H,3,5,7,10-15H2,1H3,(H,21,27). The Morgan fingerprint density at radius 3 is 2.54 bits per heavy atom. The number of nitrogens with one attached hydrogen (secondary N) is 1. The molecule has 2 aromatic heterocycles. The molecule has 1 N–H and O–H groups in total. The molecule has 0 unspecified atom stereocenters. The van der Waals surface area contributed by atoms with Crippen LogP contribution in [0, 0.1) is 6.92 Å². The average Bonchev–Trinajstić information content (AvgIpc) is 3.17. The first-order valence-corrected chi connectivity index (χ1v) is 10.5. The molecule has 1 fully saturated rings. The molecule has 7 nitrogen and oxygen atoms in total. The van der Waals surface area contributed by atoms with E-state index in [9.17, 15) is 9.59 Å². The molecule has 1 aliphatic rings. The molecule has 0 saturated carbocycles. The fraction of sp³-hybridized carbons (Fsp3) is 0.500. The zero-order valence-corrected chi connectivity index (χ0v) is 17.1. The van der Waals surface area contributed by atoms with Crippen LogP contribution >= 0.6 is 11.3 Å². The summed E-state index contributed by atoms with van der Waals surface area (Å²) in [5, 5.41) is 2.92. The van der Waals surface area contributed by atoms with E-state index in [1.54, 1.807) is 12.4 Å². The van der Waals surface area contributed by atoms with Crippen molar-refractivity contribution < 1.29 is 9.59 Å². The maximum atomic E-state index is 12.0. The number of Topliss-reactive ketones (excluding diaryl/α,β-unsaturated/α-hetero) is 1. The molecule has 2 aromatic rings.